The molecule has 1 atom stereocenters. The highest BCUT2D eigenvalue weighted by Crippen LogP contribution is 2.17. The van der Waals surface area contributed by atoms with Crippen LogP contribution in [-0.4, -0.2) is 25.2 Å². The van der Waals surface area contributed by atoms with Gasteiger partial charge in [-0.25, -0.2) is 4.79 Å². The molecule has 0 aliphatic heterocycles. The van der Waals surface area contributed by atoms with Gasteiger partial charge in [-0.15, -0.1) is 0 Å². The summed E-state index contributed by atoms with van der Waals surface area (Å²) in [6.45, 7) is 3.76. The molecule has 0 spiro atoms. The Balaban J connectivity index is 2.72. The van der Waals surface area contributed by atoms with Crippen LogP contribution < -0.4 is 10.6 Å². The van der Waals surface area contributed by atoms with Crippen molar-refractivity contribution in [3.63, 3.8) is 0 Å². The first-order chi connectivity index (χ1) is 9.02. The van der Waals surface area contributed by atoms with Crippen LogP contribution in [0.15, 0.2) is 28.7 Å². The maximum absolute atomic E-state index is 11.3. The zero-order chi connectivity index (χ0) is 14.3. The Morgan fingerprint density at radius 3 is 2.74 bits per heavy atom. The van der Waals surface area contributed by atoms with Crippen LogP contribution in [0.5, 0.6) is 0 Å². The first-order valence-corrected chi connectivity index (χ1v) is 6.75. The number of carbonyl (C=O) groups excluding carboxylic acids is 2. The lowest BCUT2D eigenvalue weighted by molar-refractivity contribution is -0.119. The minimum absolute atomic E-state index is 0.157. The second-order valence-corrected chi connectivity index (χ2v) is 4.83. The lowest BCUT2D eigenvalue weighted by Gasteiger charge is -2.19. The Labute approximate surface area is 120 Å². The van der Waals surface area contributed by atoms with E-state index in [1.165, 1.54) is 6.92 Å². The van der Waals surface area contributed by atoms with E-state index in [2.05, 4.69) is 26.6 Å². The van der Waals surface area contributed by atoms with Crippen LogP contribution in [0.1, 0.15) is 25.5 Å². The molecule has 0 saturated heterocycles. The van der Waals surface area contributed by atoms with Gasteiger partial charge in [0.1, 0.15) is 0 Å². The molecule has 0 heterocycles. The Kier molecular flexibility index (Phi) is 6.35. The molecule has 19 heavy (non-hydrogen) atoms. The molecular weight excluding hydrogens is 312 g/mol. The van der Waals surface area contributed by atoms with E-state index < -0.39 is 6.09 Å². The summed E-state index contributed by atoms with van der Waals surface area (Å²) in [7, 11) is 0. The molecule has 0 aliphatic rings. The van der Waals surface area contributed by atoms with Gasteiger partial charge in [-0.1, -0.05) is 28.1 Å². The van der Waals surface area contributed by atoms with E-state index in [0.29, 0.717) is 6.61 Å². The fourth-order valence-corrected chi connectivity index (χ4v) is 2.01. The largest absolute Gasteiger partial charge is 0.450 e. The smallest absolute Gasteiger partial charge is 0.407 e. The quantitative estimate of drug-likeness (QED) is 0.871. The number of nitrogens with one attached hydrogen (secondary N) is 2. The van der Waals surface area contributed by atoms with E-state index in [4.69, 9.17) is 4.74 Å². The van der Waals surface area contributed by atoms with Crippen molar-refractivity contribution in [3.05, 3.63) is 34.3 Å². The SMILES string of the molecule is CCOC(=O)NCC(NC(C)=O)c1cccc(Br)c1. The Hall–Kier alpha value is -1.56. The molecule has 1 rings (SSSR count). The number of hydrogen-bond acceptors (Lipinski definition) is 3. The summed E-state index contributed by atoms with van der Waals surface area (Å²) >= 11 is 3.38. The predicted molar refractivity (Wildman–Crippen MR) is 75.7 cm³/mol. The molecule has 1 aromatic carbocycles. The number of rotatable bonds is 5. The van der Waals surface area contributed by atoms with Crippen molar-refractivity contribution in [2.24, 2.45) is 0 Å². The summed E-state index contributed by atoms with van der Waals surface area (Å²) in [5, 5.41) is 5.41. The number of halogens is 1. The van der Waals surface area contributed by atoms with E-state index in [9.17, 15) is 9.59 Å². The molecule has 1 aromatic rings. The van der Waals surface area contributed by atoms with Crippen molar-refractivity contribution in [3.8, 4) is 0 Å². The summed E-state index contributed by atoms with van der Waals surface area (Å²) < 4.78 is 5.70. The second-order valence-electron chi connectivity index (χ2n) is 3.91. The number of ether oxygens (including phenoxy) is 1. The molecule has 0 radical (unpaired) electrons. The molecule has 0 saturated carbocycles. The predicted octanol–water partition coefficient (Wildman–Crippen LogP) is 2.37. The third kappa shape index (κ3) is 5.74. The van der Waals surface area contributed by atoms with Crippen LogP contribution in [0.3, 0.4) is 0 Å². The first-order valence-electron chi connectivity index (χ1n) is 5.96. The van der Waals surface area contributed by atoms with Gasteiger partial charge in [-0.3, -0.25) is 4.79 Å². The molecule has 0 bridgehead atoms. The van der Waals surface area contributed by atoms with E-state index in [-0.39, 0.29) is 18.5 Å². The van der Waals surface area contributed by atoms with Crippen LogP contribution in [-0.2, 0) is 9.53 Å². The van der Waals surface area contributed by atoms with E-state index in [0.717, 1.165) is 10.0 Å². The van der Waals surface area contributed by atoms with Gasteiger partial charge in [0.15, 0.2) is 0 Å². The molecule has 0 aromatic heterocycles. The van der Waals surface area contributed by atoms with Gasteiger partial charge in [0.05, 0.1) is 12.6 Å². The van der Waals surface area contributed by atoms with Gasteiger partial charge < -0.3 is 15.4 Å². The second kappa shape index (κ2) is 7.78. The molecule has 2 amide bonds. The summed E-state index contributed by atoms with van der Waals surface area (Å²) in [5.74, 6) is -0.157. The standard InChI is InChI=1S/C13H17BrN2O3/c1-3-19-13(18)15-8-12(16-9(2)17)10-5-4-6-11(14)7-10/h4-7,12H,3,8H2,1-2H3,(H,15,18)(H,16,17). The molecule has 6 heteroatoms. The Bertz CT molecular complexity index is 451. The lowest BCUT2D eigenvalue weighted by atomic mass is 10.1. The lowest BCUT2D eigenvalue weighted by Crippen LogP contribution is -2.37. The summed E-state index contributed by atoms with van der Waals surface area (Å²) in [6, 6.07) is 7.26. The average Bonchev–Trinajstić information content (AvgIpc) is 2.34. The molecular formula is C13H17BrN2O3. The fraction of sp³-hybridized carbons (Fsp3) is 0.385. The van der Waals surface area contributed by atoms with Crippen LogP contribution in [0.2, 0.25) is 0 Å². The minimum Gasteiger partial charge on any atom is -0.450 e. The van der Waals surface area contributed by atoms with Crippen molar-refractivity contribution < 1.29 is 14.3 Å². The highest BCUT2D eigenvalue weighted by molar-refractivity contribution is 9.10. The minimum atomic E-state index is -0.493. The monoisotopic (exact) mass is 328 g/mol. The maximum atomic E-state index is 11.3. The molecule has 0 fully saturated rings. The first kappa shape index (κ1) is 15.5. The average molecular weight is 329 g/mol. The van der Waals surface area contributed by atoms with Gasteiger partial charge in [0.2, 0.25) is 5.91 Å². The fourth-order valence-electron chi connectivity index (χ4n) is 1.59. The van der Waals surface area contributed by atoms with Crippen molar-refractivity contribution in [1.82, 2.24) is 10.6 Å². The highest BCUT2D eigenvalue weighted by atomic mass is 79.9. The van der Waals surface area contributed by atoms with Crippen molar-refractivity contribution in [2.75, 3.05) is 13.2 Å². The van der Waals surface area contributed by atoms with E-state index in [1.807, 2.05) is 24.3 Å². The molecule has 2 N–H and O–H groups in total. The van der Waals surface area contributed by atoms with Gasteiger partial charge in [-0.2, -0.15) is 0 Å². The van der Waals surface area contributed by atoms with Crippen molar-refractivity contribution in [2.45, 2.75) is 19.9 Å². The van der Waals surface area contributed by atoms with Crippen molar-refractivity contribution in [1.29, 1.82) is 0 Å². The van der Waals surface area contributed by atoms with Gasteiger partial charge in [0.25, 0.3) is 0 Å². The maximum Gasteiger partial charge on any atom is 0.407 e. The molecule has 1 unspecified atom stereocenters. The zero-order valence-corrected chi connectivity index (χ0v) is 12.5. The van der Waals surface area contributed by atoms with Gasteiger partial charge in [0, 0.05) is 17.9 Å². The van der Waals surface area contributed by atoms with Crippen molar-refractivity contribution >= 4 is 27.9 Å². The number of hydrogen-bond donors (Lipinski definition) is 2. The van der Waals surface area contributed by atoms with E-state index >= 15 is 0 Å². The highest BCUT2D eigenvalue weighted by Gasteiger charge is 2.14. The third-order valence-electron chi connectivity index (χ3n) is 2.35. The summed E-state index contributed by atoms with van der Waals surface area (Å²) in [5.41, 5.74) is 0.904. The summed E-state index contributed by atoms with van der Waals surface area (Å²) in [4.78, 5) is 22.5. The van der Waals surface area contributed by atoms with E-state index in [1.54, 1.807) is 6.92 Å². The van der Waals surface area contributed by atoms with Gasteiger partial charge >= 0.3 is 6.09 Å². The Morgan fingerprint density at radius 1 is 1.42 bits per heavy atom. The number of carbonyl (C=O) groups is 2. The van der Waals surface area contributed by atoms with Crippen LogP contribution in [0.25, 0.3) is 0 Å². The molecule has 104 valence electrons. The number of benzene rings is 1. The molecule has 5 nitrogen and oxygen atoms in total. The molecule has 0 aliphatic carbocycles. The van der Waals surface area contributed by atoms with Crippen LogP contribution in [0, 0.1) is 0 Å². The number of alkyl carbamates (subject to hydrolysis) is 1. The third-order valence-corrected chi connectivity index (χ3v) is 2.85. The zero-order valence-electron chi connectivity index (χ0n) is 10.9. The topological polar surface area (TPSA) is 67.4 Å². The normalized spacial score (nSPS) is 11.5. The Morgan fingerprint density at radius 2 is 2.16 bits per heavy atom. The van der Waals surface area contributed by atoms with Crippen LogP contribution >= 0.6 is 15.9 Å². The van der Waals surface area contributed by atoms with Crippen LogP contribution in [0.4, 0.5) is 4.79 Å². The number of amides is 2. The summed E-state index contributed by atoms with van der Waals surface area (Å²) in [6.07, 6.45) is -0.493. The van der Waals surface area contributed by atoms with Gasteiger partial charge in [-0.05, 0) is 24.6 Å².